The number of thioether (sulfide) groups is 1. The Labute approximate surface area is 161 Å². The first kappa shape index (κ1) is 19.9. The normalized spacial score (nSPS) is 12.0. The second-order valence-corrected chi connectivity index (χ2v) is 6.89. The van der Waals surface area contributed by atoms with Crippen LogP contribution in [0.2, 0.25) is 0 Å². The second-order valence-electron chi connectivity index (χ2n) is 5.84. The first-order valence-corrected chi connectivity index (χ1v) is 9.73. The first-order chi connectivity index (χ1) is 12.7. The predicted octanol–water partition coefficient (Wildman–Crippen LogP) is 7.35. The Morgan fingerprint density at radius 1 is 1.15 bits per heavy atom. The highest BCUT2D eigenvalue weighted by atomic mass is 32.2. The van der Waals surface area contributed by atoms with Gasteiger partial charge >= 0.3 is 0 Å². The van der Waals surface area contributed by atoms with Gasteiger partial charge in [-0.15, -0.1) is 11.8 Å². The van der Waals surface area contributed by atoms with Crippen LogP contribution in [0.3, 0.4) is 0 Å². The monoisotopic (exact) mass is 362 g/mol. The second kappa shape index (κ2) is 10.5. The van der Waals surface area contributed by atoms with E-state index >= 15 is 0 Å². The van der Waals surface area contributed by atoms with E-state index in [0.717, 1.165) is 17.3 Å². The highest BCUT2D eigenvalue weighted by molar-refractivity contribution is 7.98. The van der Waals surface area contributed by atoms with Gasteiger partial charge in [0.15, 0.2) is 0 Å². The summed E-state index contributed by atoms with van der Waals surface area (Å²) < 4.78 is 5.92. The molecule has 0 aliphatic rings. The lowest BCUT2D eigenvalue weighted by Crippen LogP contribution is -1.92. The molecule has 0 bridgehead atoms. The van der Waals surface area contributed by atoms with Crippen molar-refractivity contribution in [2.75, 3.05) is 0 Å². The van der Waals surface area contributed by atoms with E-state index < -0.39 is 0 Å². The molecule has 2 aromatic carbocycles. The van der Waals surface area contributed by atoms with Gasteiger partial charge in [0.2, 0.25) is 0 Å². The van der Waals surface area contributed by atoms with Crippen molar-refractivity contribution in [2.24, 2.45) is 0 Å². The molecular weight excluding hydrogens is 336 g/mol. The number of rotatable bonds is 8. The lowest BCUT2D eigenvalue weighted by atomic mass is 10.1. The molecule has 0 heterocycles. The van der Waals surface area contributed by atoms with Crippen LogP contribution in [0, 0.1) is 6.92 Å². The molecule has 1 nitrogen and oxygen atoms in total. The summed E-state index contributed by atoms with van der Waals surface area (Å²) in [7, 11) is 0. The van der Waals surface area contributed by atoms with Crippen LogP contribution >= 0.6 is 11.8 Å². The number of aryl methyl sites for hydroxylation is 1. The average molecular weight is 363 g/mol. The number of ether oxygens (including phenoxy) is 1. The van der Waals surface area contributed by atoms with Crippen molar-refractivity contribution >= 4 is 17.8 Å². The van der Waals surface area contributed by atoms with Gasteiger partial charge in [-0.1, -0.05) is 49.1 Å². The van der Waals surface area contributed by atoms with E-state index in [4.69, 9.17) is 4.74 Å². The van der Waals surface area contributed by atoms with E-state index in [9.17, 15) is 0 Å². The fourth-order valence-electron chi connectivity index (χ4n) is 2.41. The Kier molecular flexibility index (Phi) is 8.04. The summed E-state index contributed by atoms with van der Waals surface area (Å²) in [6.07, 6.45) is 11.8. The fraction of sp³-hybridized carbons (Fsp3) is 0.167. The molecule has 0 aliphatic heterocycles. The van der Waals surface area contributed by atoms with Gasteiger partial charge in [0.05, 0.1) is 0 Å². The Balaban J connectivity index is 2.07. The van der Waals surface area contributed by atoms with E-state index in [1.54, 1.807) is 6.08 Å². The third-order valence-electron chi connectivity index (χ3n) is 3.82. The lowest BCUT2D eigenvalue weighted by Gasteiger charge is -2.09. The number of benzene rings is 2. The van der Waals surface area contributed by atoms with Gasteiger partial charge in [-0.05, 0) is 73.9 Å². The first-order valence-electron chi connectivity index (χ1n) is 8.74. The van der Waals surface area contributed by atoms with Crippen molar-refractivity contribution in [3.63, 3.8) is 0 Å². The molecule has 2 aromatic rings. The summed E-state index contributed by atoms with van der Waals surface area (Å²) in [6, 6.07) is 14.8. The summed E-state index contributed by atoms with van der Waals surface area (Å²) in [6.45, 7) is 9.83. The highest BCUT2D eigenvalue weighted by Gasteiger charge is 2.02. The van der Waals surface area contributed by atoms with Crippen molar-refractivity contribution in [1.29, 1.82) is 0 Å². The zero-order valence-electron chi connectivity index (χ0n) is 15.7. The lowest BCUT2D eigenvalue weighted by molar-refractivity contribution is 0.443. The molecular formula is C24H26OS. The Morgan fingerprint density at radius 2 is 2.00 bits per heavy atom. The Hall–Kier alpha value is -2.45. The number of allylic oxidation sites excluding steroid dienone is 5. The van der Waals surface area contributed by atoms with Gasteiger partial charge in [-0.2, -0.15) is 0 Å². The molecule has 0 amide bonds. The van der Waals surface area contributed by atoms with Crippen LogP contribution in [0.25, 0.3) is 6.08 Å². The van der Waals surface area contributed by atoms with E-state index in [-0.39, 0.29) is 0 Å². The fourth-order valence-corrected chi connectivity index (χ4v) is 3.30. The zero-order valence-corrected chi connectivity index (χ0v) is 16.6. The summed E-state index contributed by atoms with van der Waals surface area (Å²) in [5, 5.41) is 0. The summed E-state index contributed by atoms with van der Waals surface area (Å²) in [5.74, 6) is 2.63. The van der Waals surface area contributed by atoms with Crippen LogP contribution in [0.4, 0.5) is 0 Å². The standard InChI is InChI=1S/C24H26OS/c1-5-8-12-21-17-24(15-14-19(21)4)26-18-20-11-9-13-23(16-20)25-22(7-3)10-6-2/h5-17H,1,18H2,2-4H3/b10-6-,12-8-,22-7+. The molecule has 0 fully saturated rings. The maximum absolute atomic E-state index is 5.92. The average Bonchev–Trinajstić information content (AvgIpc) is 2.66. The van der Waals surface area contributed by atoms with E-state index in [0.29, 0.717) is 0 Å². The van der Waals surface area contributed by atoms with E-state index in [2.05, 4.69) is 49.9 Å². The van der Waals surface area contributed by atoms with Gasteiger partial charge < -0.3 is 4.74 Å². The zero-order chi connectivity index (χ0) is 18.8. The molecule has 0 saturated carbocycles. The van der Waals surface area contributed by atoms with Gasteiger partial charge in [0, 0.05) is 10.6 Å². The van der Waals surface area contributed by atoms with Gasteiger partial charge in [0.25, 0.3) is 0 Å². The Morgan fingerprint density at radius 3 is 2.73 bits per heavy atom. The summed E-state index contributed by atoms with van der Waals surface area (Å²) in [5.41, 5.74) is 3.74. The van der Waals surface area contributed by atoms with Gasteiger partial charge in [-0.25, -0.2) is 0 Å². The highest BCUT2D eigenvalue weighted by Crippen LogP contribution is 2.27. The van der Waals surface area contributed by atoms with Crippen LogP contribution in [0.5, 0.6) is 5.75 Å². The molecule has 26 heavy (non-hydrogen) atoms. The number of hydrogen-bond donors (Lipinski definition) is 0. The van der Waals surface area contributed by atoms with Gasteiger partial charge in [0.1, 0.15) is 11.5 Å². The van der Waals surface area contributed by atoms with Crippen molar-refractivity contribution in [3.05, 3.63) is 102 Å². The molecule has 0 atom stereocenters. The van der Waals surface area contributed by atoms with E-state index in [1.165, 1.54) is 21.6 Å². The summed E-state index contributed by atoms with van der Waals surface area (Å²) in [4.78, 5) is 1.26. The van der Waals surface area contributed by atoms with Crippen LogP contribution in [-0.2, 0) is 5.75 Å². The molecule has 2 heteroatoms. The molecule has 2 rings (SSSR count). The summed E-state index contributed by atoms with van der Waals surface area (Å²) >= 11 is 1.83. The molecule has 0 radical (unpaired) electrons. The quantitative estimate of drug-likeness (QED) is 0.276. The minimum atomic E-state index is 0.856. The largest absolute Gasteiger partial charge is 0.458 e. The van der Waals surface area contributed by atoms with Crippen molar-refractivity contribution < 1.29 is 4.74 Å². The SMILES string of the molecule is C=C/C=C\c1cc(SCc2cccc(OC(/C=C\C)=C/C)c2)ccc1C. The molecule has 0 aliphatic carbocycles. The van der Waals surface area contributed by atoms with Crippen LogP contribution in [0.1, 0.15) is 30.5 Å². The van der Waals surface area contributed by atoms with Crippen LogP contribution in [-0.4, -0.2) is 0 Å². The van der Waals surface area contributed by atoms with Crippen LogP contribution in [0.15, 0.2) is 90.1 Å². The van der Waals surface area contributed by atoms with Crippen molar-refractivity contribution in [1.82, 2.24) is 0 Å². The van der Waals surface area contributed by atoms with Crippen LogP contribution < -0.4 is 4.74 Å². The molecule has 0 aromatic heterocycles. The van der Waals surface area contributed by atoms with Crippen molar-refractivity contribution in [3.8, 4) is 5.75 Å². The van der Waals surface area contributed by atoms with Crippen molar-refractivity contribution in [2.45, 2.75) is 31.4 Å². The minimum absolute atomic E-state index is 0.856. The van der Waals surface area contributed by atoms with E-state index in [1.807, 2.05) is 62.0 Å². The maximum Gasteiger partial charge on any atom is 0.127 e. The topological polar surface area (TPSA) is 9.23 Å². The molecule has 0 spiro atoms. The third-order valence-corrected chi connectivity index (χ3v) is 4.88. The smallest absolute Gasteiger partial charge is 0.127 e. The maximum atomic E-state index is 5.92. The Bertz CT molecular complexity index is 828. The predicted molar refractivity (Wildman–Crippen MR) is 116 cm³/mol. The molecule has 0 unspecified atom stereocenters. The molecule has 0 N–H and O–H groups in total. The molecule has 134 valence electrons. The number of hydrogen-bond acceptors (Lipinski definition) is 2. The minimum Gasteiger partial charge on any atom is -0.458 e. The van der Waals surface area contributed by atoms with Gasteiger partial charge in [-0.3, -0.25) is 0 Å². The third kappa shape index (κ3) is 6.12. The molecule has 0 saturated heterocycles.